The van der Waals surface area contributed by atoms with Crippen molar-refractivity contribution in [3.63, 3.8) is 0 Å². The van der Waals surface area contributed by atoms with Crippen molar-refractivity contribution in [3.05, 3.63) is 0 Å². The third-order valence-electron chi connectivity index (χ3n) is 4.30. The highest BCUT2D eigenvalue weighted by Gasteiger charge is 2.40. The van der Waals surface area contributed by atoms with Crippen molar-refractivity contribution in [1.82, 2.24) is 9.80 Å². The number of fused-ring (bicyclic) bond motifs is 1. The molecule has 5 nitrogen and oxygen atoms in total. The van der Waals surface area contributed by atoms with Gasteiger partial charge in [-0.3, -0.25) is 9.59 Å². The molecular weight excluding hydrogens is 232 g/mol. The lowest BCUT2D eigenvalue weighted by molar-refractivity contribution is -0.144. The molecule has 2 amide bonds. The smallest absolute Gasteiger partial charge is 0.245 e. The quantitative estimate of drug-likeness (QED) is 0.678. The number of rotatable bonds is 1. The molecule has 0 N–H and O–H groups in total. The summed E-state index contributed by atoms with van der Waals surface area (Å²) in [6.07, 6.45) is 4.29. The molecule has 3 aliphatic heterocycles. The minimum Gasteiger partial charge on any atom is -0.379 e. The van der Waals surface area contributed by atoms with Gasteiger partial charge in [-0.05, 0) is 25.7 Å². The maximum absolute atomic E-state index is 12.6. The number of hydrogen-bond donors (Lipinski definition) is 0. The van der Waals surface area contributed by atoms with Gasteiger partial charge in [0.05, 0.1) is 12.6 Å². The van der Waals surface area contributed by atoms with Gasteiger partial charge in [0, 0.05) is 26.1 Å². The van der Waals surface area contributed by atoms with Crippen molar-refractivity contribution in [3.8, 4) is 0 Å². The van der Waals surface area contributed by atoms with Crippen LogP contribution in [-0.4, -0.2) is 60.0 Å². The molecule has 0 aliphatic carbocycles. The Morgan fingerprint density at radius 2 is 1.94 bits per heavy atom. The number of carbonyl (C=O) groups excluding carboxylic acids is 2. The third-order valence-corrected chi connectivity index (χ3v) is 4.30. The fraction of sp³-hybridized carbons (Fsp3) is 0.846. The second-order valence-corrected chi connectivity index (χ2v) is 5.40. The molecule has 0 aromatic carbocycles. The zero-order chi connectivity index (χ0) is 12.5. The number of piperidine rings is 1. The van der Waals surface area contributed by atoms with Crippen LogP contribution < -0.4 is 0 Å². The Morgan fingerprint density at radius 1 is 1.06 bits per heavy atom. The van der Waals surface area contributed by atoms with E-state index < -0.39 is 0 Å². The maximum atomic E-state index is 12.6. The van der Waals surface area contributed by atoms with Crippen molar-refractivity contribution < 1.29 is 14.3 Å². The van der Waals surface area contributed by atoms with E-state index in [-0.39, 0.29) is 23.9 Å². The second kappa shape index (κ2) is 4.88. The summed E-state index contributed by atoms with van der Waals surface area (Å²) in [4.78, 5) is 28.4. The molecule has 5 heteroatoms. The van der Waals surface area contributed by atoms with Crippen LogP contribution in [0.15, 0.2) is 0 Å². The lowest BCUT2D eigenvalue weighted by atomic mass is 10.0. The molecule has 3 heterocycles. The minimum absolute atomic E-state index is 0.148. The molecule has 3 rings (SSSR count). The maximum Gasteiger partial charge on any atom is 0.245 e. The zero-order valence-corrected chi connectivity index (χ0v) is 10.6. The van der Waals surface area contributed by atoms with E-state index in [4.69, 9.17) is 4.74 Å². The molecule has 0 saturated carbocycles. The van der Waals surface area contributed by atoms with Crippen molar-refractivity contribution in [1.29, 1.82) is 0 Å². The lowest BCUT2D eigenvalue weighted by Gasteiger charge is -2.35. The Labute approximate surface area is 107 Å². The average molecular weight is 252 g/mol. The van der Waals surface area contributed by atoms with Gasteiger partial charge >= 0.3 is 0 Å². The summed E-state index contributed by atoms with van der Waals surface area (Å²) in [6.45, 7) is 2.69. The molecule has 3 saturated heterocycles. The third kappa shape index (κ3) is 2.00. The Bertz CT molecular complexity index is 352. The number of nitrogens with zero attached hydrogens (tertiary/aromatic N) is 2. The highest BCUT2D eigenvalue weighted by molar-refractivity contribution is 5.90. The van der Waals surface area contributed by atoms with Crippen molar-refractivity contribution >= 4 is 11.8 Å². The van der Waals surface area contributed by atoms with Gasteiger partial charge in [0.15, 0.2) is 0 Å². The zero-order valence-electron chi connectivity index (χ0n) is 10.6. The first-order chi connectivity index (χ1) is 8.77. The fourth-order valence-electron chi connectivity index (χ4n) is 3.28. The van der Waals surface area contributed by atoms with E-state index in [0.29, 0.717) is 19.6 Å². The molecule has 18 heavy (non-hydrogen) atoms. The van der Waals surface area contributed by atoms with E-state index in [2.05, 4.69) is 0 Å². The van der Waals surface area contributed by atoms with Crippen molar-refractivity contribution in [2.75, 3.05) is 26.3 Å². The molecule has 0 spiro atoms. The number of ether oxygens (including phenoxy) is 1. The van der Waals surface area contributed by atoms with Gasteiger partial charge in [-0.15, -0.1) is 0 Å². The number of amides is 2. The van der Waals surface area contributed by atoms with Gasteiger partial charge in [-0.2, -0.15) is 0 Å². The normalized spacial score (nSPS) is 33.6. The van der Waals surface area contributed by atoms with Crippen LogP contribution in [0.4, 0.5) is 0 Å². The summed E-state index contributed by atoms with van der Waals surface area (Å²) >= 11 is 0. The summed E-state index contributed by atoms with van der Waals surface area (Å²) in [5.74, 6) is 0.297. The fourth-order valence-corrected chi connectivity index (χ4v) is 3.28. The molecule has 0 aromatic rings. The average Bonchev–Trinajstić information content (AvgIpc) is 2.88. The van der Waals surface area contributed by atoms with Gasteiger partial charge in [0.2, 0.25) is 11.8 Å². The largest absolute Gasteiger partial charge is 0.379 e. The van der Waals surface area contributed by atoms with Gasteiger partial charge in [0.25, 0.3) is 0 Å². The summed E-state index contributed by atoms with van der Waals surface area (Å²) < 4.78 is 5.37. The first-order valence-corrected chi connectivity index (χ1v) is 6.95. The van der Waals surface area contributed by atoms with E-state index in [1.165, 1.54) is 0 Å². The predicted molar refractivity (Wildman–Crippen MR) is 64.9 cm³/mol. The van der Waals surface area contributed by atoms with Crippen LogP contribution >= 0.6 is 0 Å². The molecule has 0 aromatic heterocycles. The highest BCUT2D eigenvalue weighted by atomic mass is 16.5. The SMILES string of the molecule is O=C1C2CCCCN2C(=O)CCN1C1CCOC1. The molecule has 2 unspecified atom stereocenters. The first kappa shape index (κ1) is 12.0. The van der Waals surface area contributed by atoms with Crippen LogP contribution in [0.25, 0.3) is 0 Å². The van der Waals surface area contributed by atoms with Gasteiger partial charge in [-0.25, -0.2) is 0 Å². The first-order valence-electron chi connectivity index (χ1n) is 6.95. The van der Waals surface area contributed by atoms with Crippen molar-refractivity contribution in [2.24, 2.45) is 0 Å². The van der Waals surface area contributed by atoms with E-state index in [1.807, 2.05) is 9.80 Å². The highest BCUT2D eigenvalue weighted by Crippen LogP contribution is 2.25. The Hall–Kier alpha value is -1.10. The monoisotopic (exact) mass is 252 g/mol. The molecular formula is C13H20N2O3. The summed E-state index contributed by atoms with van der Waals surface area (Å²) in [5.41, 5.74) is 0. The topological polar surface area (TPSA) is 49.9 Å². The standard InChI is InChI=1S/C13H20N2O3/c16-12-4-7-14(10-5-8-18-9-10)13(17)11-3-1-2-6-15(11)12/h10-11H,1-9H2. The predicted octanol–water partition coefficient (Wildman–Crippen LogP) is 0.389. The van der Waals surface area contributed by atoms with Crippen LogP contribution in [-0.2, 0) is 14.3 Å². The molecule has 2 atom stereocenters. The van der Waals surface area contributed by atoms with Gasteiger partial charge < -0.3 is 14.5 Å². The Kier molecular flexibility index (Phi) is 3.24. The van der Waals surface area contributed by atoms with Crippen LogP contribution in [0, 0.1) is 0 Å². The second-order valence-electron chi connectivity index (χ2n) is 5.40. The molecule has 100 valence electrons. The van der Waals surface area contributed by atoms with Gasteiger partial charge in [-0.1, -0.05) is 0 Å². The van der Waals surface area contributed by atoms with Crippen LogP contribution in [0.5, 0.6) is 0 Å². The molecule has 3 fully saturated rings. The van der Waals surface area contributed by atoms with Crippen LogP contribution in [0.2, 0.25) is 0 Å². The summed E-state index contributed by atoms with van der Waals surface area (Å²) in [5, 5.41) is 0. The van der Waals surface area contributed by atoms with Gasteiger partial charge in [0.1, 0.15) is 6.04 Å². The van der Waals surface area contributed by atoms with Crippen LogP contribution in [0.1, 0.15) is 32.1 Å². The van der Waals surface area contributed by atoms with E-state index in [9.17, 15) is 9.59 Å². The lowest BCUT2D eigenvalue weighted by Crippen LogP contribution is -2.52. The molecule has 0 bridgehead atoms. The summed E-state index contributed by atoms with van der Waals surface area (Å²) in [7, 11) is 0. The number of hydrogen-bond acceptors (Lipinski definition) is 3. The molecule has 3 aliphatic rings. The van der Waals surface area contributed by atoms with E-state index >= 15 is 0 Å². The number of carbonyl (C=O) groups is 2. The molecule has 0 radical (unpaired) electrons. The Balaban J connectivity index is 1.81. The van der Waals surface area contributed by atoms with E-state index in [1.54, 1.807) is 0 Å². The van der Waals surface area contributed by atoms with Crippen molar-refractivity contribution in [2.45, 2.75) is 44.2 Å². The Morgan fingerprint density at radius 3 is 2.72 bits per heavy atom. The van der Waals surface area contributed by atoms with Crippen LogP contribution in [0.3, 0.4) is 0 Å². The summed E-state index contributed by atoms with van der Waals surface area (Å²) in [6, 6.07) is -0.0125. The van der Waals surface area contributed by atoms with E-state index in [0.717, 1.165) is 38.8 Å². The minimum atomic E-state index is -0.200.